The van der Waals surface area contributed by atoms with Crippen molar-refractivity contribution in [3.63, 3.8) is 0 Å². The minimum Gasteiger partial charge on any atom is -0.478 e. The molecule has 2 N–H and O–H groups in total. The third-order valence-corrected chi connectivity index (χ3v) is 3.32. The smallest absolute Gasteiger partial charge is 0.335 e. The summed E-state index contributed by atoms with van der Waals surface area (Å²) in [5, 5.41) is 19.7. The molecule has 3 aromatic rings. The quantitative estimate of drug-likeness (QED) is 0.423. The van der Waals surface area contributed by atoms with Crippen LogP contribution in [0.15, 0.2) is 59.7 Å². The molecule has 112 valence electrons. The number of carboxylic acids is 1. The van der Waals surface area contributed by atoms with Crippen LogP contribution in [0.5, 0.6) is 0 Å². The average molecular weight is 305 g/mol. The normalized spacial score (nSPS) is 10.1. The van der Waals surface area contributed by atoms with Gasteiger partial charge in [0.25, 0.3) is 0 Å². The Morgan fingerprint density at radius 3 is 2.61 bits per heavy atom. The molecular formula is C16H11N5O2. The molecule has 0 unspecified atom stereocenters. The van der Waals surface area contributed by atoms with E-state index in [1.54, 1.807) is 30.3 Å². The van der Waals surface area contributed by atoms with Crippen molar-refractivity contribution in [1.82, 2.24) is 10.2 Å². The Kier molecular flexibility index (Phi) is 3.78. The van der Waals surface area contributed by atoms with Crippen LogP contribution in [0.25, 0.3) is 33.0 Å². The lowest BCUT2D eigenvalue weighted by Crippen LogP contribution is -1.95. The van der Waals surface area contributed by atoms with Crippen LogP contribution in [0.3, 0.4) is 0 Å². The monoisotopic (exact) mass is 305 g/mol. The Morgan fingerprint density at radius 1 is 1.13 bits per heavy atom. The number of benzene rings is 2. The average Bonchev–Trinajstić information content (AvgIpc) is 3.06. The van der Waals surface area contributed by atoms with Gasteiger partial charge in [-0.05, 0) is 29.3 Å². The van der Waals surface area contributed by atoms with Crippen LogP contribution in [-0.4, -0.2) is 21.3 Å². The molecule has 7 nitrogen and oxygen atoms in total. The molecule has 0 aliphatic carbocycles. The van der Waals surface area contributed by atoms with Crippen LogP contribution in [0.4, 0.5) is 5.69 Å². The number of hydrogen-bond donors (Lipinski definition) is 2. The van der Waals surface area contributed by atoms with E-state index in [0.717, 1.165) is 16.8 Å². The molecule has 23 heavy (non-hydrogen) atoms. The number of H-pyrrole nitrogens is 1. The Hall–Kier alpha value is -3.57. The highest BCUT2D eigenvalue weighted by atomic mass is 16.4. The molecule has 3 rings (SSSR count). The Labute approximate surface area is 130 Å². The fourth-order valence-corrected chi connectivity index (χ4v) is 2.19. The molecule has 1 aromatic heterocycles. The number of rotatable bonds is 4. The van der Waals surface area contributed by atoms with Gasteiger partial charge < -0.3 is 5.11 Å². The third-order valence-electron chi connectivity index (χ3n) is 3.32. The van der Waals surface area contributed by atoms with Crippen molar-refractivity contribution in [1.29, 1.82) is 0 Å². The Balaban J connectivity index is 1.92. The maximum atomic E-state index is 11.0. The van der Waals surface area contributed by atoms with Crippen molar-refractivity contribution >= 4 is 11.7 Å². The van der Waals surface area contributed by atoms with E-state index in [1.165, 1.54) is 6.07 Å². The first-order valence-electron chi connectivity index (χ1n) is 6.72. The number of azide groups is 1. The summed E-state index contributed by atoms with van der Waals surface area (Å²) in [4.78, 5) is 13.8. The van der Waals surface area contributed by atoms with Crippen molar-refractivity contribution in [2.45, 2.75) is 0 Å². The summed E-state index contributed by atoms with van der Waals surface area (Å²) in [7, 11) is 0. The molecule has 7 heteroatoms. The molecule has 0 atom stereocenters. The lowest BCUT2D eigenvalue weighted by molar-refractivity contribution is 0.0697. The maximum Gasteiger partial charge on any atom is 0.335 e. The summed E-state index contributed by atoms with van der Waals surface area (Å²) in [6.45, 7) is 0. The van der Waals surface area contributed by atoms with Gasteiger partial charge in [-0.2, -0.15) is 5.10 Å². The first-order chi connectivity index (χ1) is 11.2. The number of aromatic amines is 1. The van der Waals surface area contributed by atoms with Gasteiger partial charge in [0.05, 0.1) is 17.0 Å². The number of hydrogen-bond acceptors (Lipinski definition) is 3. The molecule has 0 bridgehead atoms. The van der Waals surface area contributed by atoms with E-state index in [0.29, 0.717) is 11.4 Å². The molecule has 0 saturated heterocycles. The van der Waals surface area contributed by atoms with Gasteiger partial charge in [0, 0.05) is 16.2 Å². The zero-order valence-electron chi connectivity index (χ0n) is 11.8. The van der Waals surface area contributed by atoms with Gasteiger partial charge >= 0.3 is 5.97 Å². The van der Waals surface area contributed by atoms with Crippen molar-refractivity contribution in [2.75, 3.05) is 0 Å². The van der Waals surface area contributed by atoms with E-state index in [4.69, 9.17) is 10.6 Å². The minimum atomic E-state index is -0.976. The highest BCUT2D eigenvalue weighted by Crippen LogP contribution is 2.26. The van der Waals surface area contributed by atoms with Crippen LogP contribution in [0.1, 0.15) is 10.4 Å². The molecular weight excluding hydrogens is 294 g/mol. The van der Waals surface area contributed by atoms with Crippen LogP contribution in [-0.2, 0) is 0 Å². The molecule has 0 amide bonds. The fourth-order valence-electron chi connectivity index (χ4n) is 2.19. The molecule has 0 spiro atoms. The van der Waals surface area contributed by atoms with E-state index in [2.05, 4.69) is 20.2 Å². The second-order valence-corrected chi connectivity index (χ2v) is 4.79. The van der Waals surface area contributed by atoms with E-state index < -0.39 is 5.97 Å². The number of carbonyl (C=O) groups is 1. The van der Waals surface area contributed by atoms with Gasteiger partial charge in [0.1, 0.15) is 0 Å². The summed E-state index contributed by atoms with van der Waals surface area (Å²) >= 11 is 0. The minimum absolute atomic E-state index is 0.214. The first-order valence-corrected chi connectivity index (χ1v) is 6.72. The molecule has 0 radical (unpaired) electrons. The Morgan fingerprint density at radius 2 is 1.91 bits per heavy atom. The summed E-state index contributed by atoms with van der Waals surface area (Å²) in [5.41, 5.74) is 12.2. The Bertz CT molecular complexity index is 908. The fraction of sp³-hybridized carbons (Fsp3) is 0. The summed E-state index contributed by atoms with van der Waals surface area (Å²) in [6.07, 6.45) is 0. The topological polar surface area (TPSA) is 115 Å². The highest BCUT2D eigenvalue weighted by molar-refractivity contribution is 5.89. The second-order valence-electron chi connectivity index (χ2n) is 4.79. The standard InChI is InChI=1S/C16H11N5O2/c17-21-18-13-6-4-10(5-7-13)14-9-15(20-19-14)11-2-1-3-12(8-11)16(22)23/h1-9H,(H,19,20)(H,22,23). The molecule has 0 aliphatic heterocycles. The van der Waals surface area contributed by atoms with Gasteiger partial charge in [-0.3, -0.25) is 5.10 Å². The third kappa shape index (κ3) is 3.04. The SMILES string of the molecule is [N-]=[N+]=Nc1ccc(-c2cc(-c3cccc(C(=O)O)c3)n[nH]2)cc1. The zero-order valence-corrected chi connectivity index (χ0v) is 11.8. The van der Waals surface area contributed by atoms with Gasteiger partial charge in [0.15, 0.2) is 0 Å². The molecule has 2 aromatic carbocycles. The summed E-state index contributed by atoms with van der Waals surface area (Å²) in [5.74, 6) is -0.976. The number of carboxylic acid groups (broad SMARTS) is 1. The van der Waals surface area contributed by atoms with Crippen LogP contribution >= 0.6 is 0 Å². The number of nitrogens with zero attached hydrogens (tertiary/aromatic N) is 4. The largest absolute Gasteiger partial charge is 0.478 e. The second kappa shape index (κ2) is 6.05. The lowest BCUT2D eigenvalue weighted by atomic mass is 10.1. The molecule has 1 heterocycles. The van der Waals surface area contributed by atoms with Crippen molar-refractivity contribution in [3.8, 4) is 22.5 Å². The first kappa shape index (κ1) is 14.4. The van der Waals surface area contributed by atoms with Crippen LogP contribution in [0, 0.1) is 0 Å². The van der Waals surface area contributed by atoms with Gasteiger partial charge in [-0.15, -0.1) is 0 Å². The predicted octanol–water partition coefficient (Wildman–Crippen LogP) is 4.38. The number of aromatic nitrogens is 2. The number of aromatic carboxylic acids is 1. The molecule has 0 aliphatic rings. The molecule has 0 saturated carbocycles. The van der Waals surface area contributed by atoms with E-state index in [1.807, 2.05) is 18.2 Å². The molecule has 0 fully saturated rings. The van der Waals surface area contributed by atoms with E-state index in [-0.39, 0.29) is 5.56 Å². The summed E-state index contributed by atoms with van der Waals surface area (Å²) in [6, 6.07) is 15.5. The van der Waals surface area contributed by atoms with Gasteiger partial charge in [-0.1, -0.05) is 41.5 Å². The van der Waals surface area contributed by atoms with Crippen LogP contribution < -0.4 is 0 Å². The van der Waals surface area contributed by atoms with Crippen LogP contribution in [0.2, 0.25) is 0 Å². The van der Waals surface area contributed by atoms with E-state index >= 15 is 0 Å². The maximum absolute atomic E-state index is 11.0. The van der Waals surface area contributed by atoms with Crippen molar-refractivity contribution in [2.24, 2.45) is 5.11 Å². The van der Waals surface area contributed by atoms with Crippen molar-refractivity contribution in [3.05, 3.63) is 70.6 Å². The van der Waals surface area contributed by atoms with E-state index in [9.17, 15) is 4.79 Å². The zero-order chi connectivity index (χ0) is 16.2. The number of nitrogens with one attached hydrogen (secondary N) is 1. The van der Waals surface area contributed by atoms with Gasteiger partial charge in [0.2, 0.25) is 0 Å². The summed E-state index contributed by atoms with van der Waals surface area (Å²) < 4.78 is 0. The van der Waals surface area contributed by atoms with Gasteiger partial charge in [-0.25, -0.2) is 4.79 Å². The van der Waals surface area contributed by atoms with Crippen molar-refractivity contribution < 1.29 is 9.90 Å². The predicted molar refractivity (Wildman–Crippen MR) is 85.2 cm³/mol. The highest BCUT2D eigenvalue weighted by Gasteiger charge is 2.09. The lowest BCUT2D eigenvalue weighted by Gasteiger charge is -1.98.